The lowest BCUT2D eigenvalue weighted by Gasteiger charge is -2.06. The Morgan fingerprint density at radius 1 is 1.21 bits per heavy atom. The number of nitriles is 1. The molecule has 0 aliphatic carbocycles. The van der Waals surface area contributed by atoms with Crippen molar-refractivity contribution in [3.63, 3.8) is 0 Å². The number of amides is 1. The van der Waals surface area contributed by atoms with E-state index in [4.69, 9.17) is 9.15 Å². The number of benzene rings is 2. The van der Waals surface area contributed by atoms with Crippen LogP contribution in [-0.2, 0) is 4.79 Å². The summed E-state index contributed by atoms with van der Waals surface area (Å²) in [5, 5.41) is 22.9. The number of anilines is 1. The maximum atomic E-state index is 12.4. The van der Waals surface area contributed by atoms with Crippen molar-refractivity contribution in [2.45, 2.75) is 0 Å². The molecule has 2 aromatic carbocycles. The molecule has 0 atom stereocenters. The number of rotatable bonds is 6. The lowest BCUT2D eigenvalue weighted by atomic mass is 10.1. The molecule has 1 aromatic heterocycles. The molecule has 0 unspecified atom stereocenters. The van der Waals surface area contributed by atoms with E-state index in [0.717, 1.165) is 0 Å². The Labute approximate surface area is 165 Å². The van der Waals surface area contributed by atoms with E-state index < -0.39 is 10.8 Å². The summed E-state index contributed by atoms with van der Waals surface area (Å²) >= 11 is 0. The topological polar surface area (TPSA) is 118 Å². The smallest absolute Gasteiger partial charge is 0.270 e. The van der Waals surface area contributed by atoms with Gasteiger partial charge in [0.1, 0.15) is 28.9 Å². The second-order valence-electron chi connectivity index (χ2n) is 5.87. The second-order valence-corrected chi connectivity index (χ2v) is 5.87. The van der Waals surface area contributed by atoms with Crippen LogP contribution in [0.25, 0.3) is 17.4 Å². The molecule has 0 aliphatic rings. The molecule has 29 heavy (non-hydrogen) atoms. The molecule has 0 bridgehead atoms. The molecule has 8 nitrogen and oxygen atoms in total. The van der Waals surface area contributed by atoms with Crippen molar-refractivity contribution in [3.8, 4) is 23.1 Å². The lowest BCUT2D eigenvalue weighted by molar-refractivity contribution is -0.384. The van der Waals surface area contributed by atoms with Crippen molar-refractivity contribution < 1.29 is 18.9 Å². The summed E-state index contributed by atoms with van der Waals surface area (Å²) in [5.41, 5.74) is 0.768. The monoisotopic (exact) mass is 389 g/mol. The number of nitrogens with one attached hydrogen (secondary N) is 1. The summed E-state index contributed by atoms with van der Waals surface area (Å²) in [4.78, 5) is 22.8. The maximum absolute atomic E-state index is 12.4. The number of nitro groups is 1. The van der Waals surface area contributed by atoms with Gasteiger partial charge in [-0.25, -0.2) is 0 Å². The van der Waals surface area contributed by atoms with Crippen LogP contribution in [0.1, 0.15) is 5.76 Å². The molecular weight excluding hydrogens is 374 g/mol. The summed E-state index contributed by atoms with van der Waals surface area (Å²) in [6.45, 7) is 0. The number of methoxy groups -OCH3 is 1. The fraction of sp³-hybridized carbons (Fsp3) is 0.0476. The molecule has 1 heterocycles. The third-order valence-electron chi connectivity index (χ3n) is 3.95. The fourth-order valence-corrected chi connectivity index (χ4v) is 2.55. The van der Waals surface area contributed by atoms with Gasteiger partial charge in [-0.05, 0) is 24.3 Å². The Balaban J connectivity index is 1.81. The normalized spacial score (nSPS) is 10.8. The molecular formula is C21H15N3O5. The first kappa shape index (κ1) is 19.4. The molecule has 0 fully saturated rings. The number of carbonyl (C=O) groups excluding carboxylic acids is 1. The van der Waals surface area contributed by atoms with E-state index in [9.17, 15) is 20.2 Å². The van der Waals surface area contributed by atoms with Gasteiger partial charge in [0, 0.05) is 35.5 Å². The number of nitro benzene ring substituents is 1. The van der Waals surface area contributed by atoms with Crippen LogP contribution in [0.2, 0.25) is 0 Å². The Morgan fingerprint density at radius 3 is 2.72 bits per heavy atom. The average molecular weight is 389 g/mol. The van der Waals surface area contributed by atoms with Gasteiger partial charge < -0.3 is 14.5 Å². The SMILES string of the molecule is COc1cccc(NC(=O)C(C#N)=Cc2ccc(-c3cccc([N+](=O)[O-])c3)o2)c1. The summed E-state index contributed by atoms with van der Waals surface area (Å²) in [6, 6.07) is 17.7. The second kappa shape index (κ2) is 8.54. The molecule has 0 aliphatic heterocycles. The van der Waals surface area contributed by atoms with Gasteiger partial charge in [-0.3, -0.25) is 14.9 Å². The van der Waals surface area contributed by atoms with Crippen molar-refractivity contribution in [1.29, 1.82) is 5.26 Å². The van der Waals surface area contributed by atoms with Gasteiger partial charge in [0.15, 0.2) is 0 Å². The lowest BCUT2D eigenvalue weighted by Crippen LogP contribution is -2.13. The third-order valence-corrected chi connectivity index (χ3v) is 3.95. The van der Waals surface area contributed by atoms with E-state index in [1.165, 1.54) is 25.3 Å². The minimum Gasteiger partial charge on any atom is -0.497 e. The summed E-state index contributed by atoms with van der Waals surface area (Å²) in [7, 11) is 1.51. The molecule has 0 radical (unpaired) electrons. The Bertz CT molecular complexity index is 1140. The van der Waals surface area contributed by atoms with Gasteiger partial charge >= 0.3 is 0 Å². The van der Waals surface area contributed by atoms with Crippen molar-refractivity contribution in [2.24, 2.45) is 0 Å². The Hall–Kier alpha value is -4.38. The highest BCUT2D eigenvalue weighted by molar-refractivity contribution is 6.09. The summed E-state index contributed by atoms with van der Waals surface area (Å²) in [5.74, 6) is 0.612. The van der Waals surface area contributed by atoms with Gasteiger partial charge in [0.2, 0.25) is 0 Å². The molecule has 0 saturated carbocycles. The van der Waals surface area contributed by atoms with Crippen molar-refractivity contribution >= 4 is 23.4 Å². The number of hydrogen-bond acceptors (Lipinski definition) is 6. The number of furan rings is 1. The largest absolute Gasteiger partial charge is 0.497 e. The zero-order chi connectivity index (χ0) is 20.8. The molecule has 3 aromatic rings. The van der Waals surface area contributed by atoms with Crippen molar-refractivity contribution in [2.75, 3.05) is 12.4 Å². The average Bonchev–Trinajstić information content (AvgIpc) is 3.21. The highest BCUT2D eigenvalue weighted by atomic mass is 16.6. The van der Waals surface area contributed by atoms with Gasteiger partial charge in [0.05, 0.1) is 12.0 Å². The zero-order valence-electron chi connectivity index (χ0n) is 15.3. The van der Waals surface area contributed by atoms with Gasteiger partial charge in [0.25, 0.3) is 11.6 Å². The molecule has 1 N–H and O–H groups in total. The van der Waals surface area contributed by atoms with E-state index in [-0.39, 0.29) is 17.0 Å². The third kappa shape index (κ3) is 4.67. The van der Waals surface area contributed by atoms with E-state index in [0.29, 0.717) is 22.8 Å². The first-order valence-corrected chi connectivity index (χ1v) is 8.42. The number of ether oxygens (including phenoxy) is 1. The van der Waals surface area contributed by atoms with Gasteiger partial charge in [-0.1, -0.05) is 18.2 Å². The number of non-ortho nitro benzene ring substituents is 1. The highest BCUT2D eigenvalue weighted by Crippen LogP contribution is 2.26. The molecule has 0 spiro atoms. The fourth-order valence-electron chi connectivity index (χ4n) is 2.55. The first-order valence-electron chi connectivity index (χ1n) is 8.42. The van der Waals surface area contributed by atoms with Crippen LogP contribution in [0.4, 0.5) is 11.4 Å². The Kier molecular flexibility index (Phi) is 5.71. The minimum atomic E-state index is -0.603. The van der Waals surface area contributed by atoms with Gasteiger partial charge in [-0.15, -0.1) is 0 Å². The quantitative estimate of drug-likeness (QED) is 0.289. The highest BCUT2D eigenvalue weighted by Gasteiger charge is 2.13. The van der Waals surface area contributed by atoms with E-state index in [2.05, 4.69) is 5.32 Å². The predicted octanol–water partition coefficient (Wildman–Crippen LogP) is 4.41. The van der Waals surface area contributed by atoms with E-state index >= 15 is 0 Å². The van der Waals surface area contributed by atoms with Gasteiger partial charge in [-0.2, -0.15) is 5.26 Å². The zero-order valence-corrected chi connectivity index (χ0v) is 15.3. The van der Waals surface area contributed by atoms with Crippen LogP contribution in [0.3, 0.4) is 0 Å². The van der Waals surface area contributed by atoms with Crippen LogP contribution >= 0.6 is 0 Å². The summed E-state index contributed by atoms with van der Waals surface area (Å²) < 4.78 is 10.7. The standard InChI is InChI=1S/C21H15N3O5/c1-28-18-7-3-5-16(12-18)23-21(25)15(13-22)11-19-8-9-20(29-19)14-4-2-6-17(10-14)24(26)27/h2-12H,1H3,(H,23,25). The van der Waals surface area contributed by atoms with Crippen molar-refractivity contribution in [3.05, 3.63) is 82.1 Å². The van der Waals surface area contributed by atoms with Crippen LogP contribution < -0.4 is 10.1 Å². The van der Waals surface area contributed by atoms with Crippen LogP contribution in [-0.4, -0.2) is 17.9 Å². The van der Waals surface area contributed by atoms with E-state index in [1.54, 1.807) is 48.5 Å². The first-order chi connectivity index (χ1) is 14.0. The molecule has 0 saturated heterocycles. The molecule has 8 heteroatoms. The number of carbonyl (C=O) groups is 1. The minimum absolute atomic E-state index is 0.0635. The molecule has 1 amide bonds. The van der Waals surface area contributed by atoms with Crippen molar-refractivity contribution in [1.82, 2.24) is 0 Å². The maximum Gasteiger partial charge on any atom is 0.270 e. The summed E-state index contributed by atoms with van der Waals surface area (Å²) in [6.07, 6.45) is 1.30. The van der Waals surface area contributed by atoms with Crippen LogP contribution in [0.15, 0.2) is 70.7 Å². The van der Waals surface area contributed by atoms with Crippen LogP contribution in [0.5, 0.6) is 5.75 Å². The number of nitrogens with zero attached hydrogens (tertiary/aromatic N) is 2. The van der Waals surface area contributed by atoms with Crippen LogP contribution in [0, 0.1) is 21.4 Å². The number of hydrogen-bond donors (Lipinski definition) is 1. The molecule has 3 rings (SSSR count). The molecule has 144 valence electrons. The van der Waals surface area contributed by atoms with E-state index in [1.807, 2.05) is 6.07 Å². The predicted molar refractivity (Wildman–Crippen MR) is 106 cm³/mol. The Morgan fingerprint density at radius 2 is 2.00 bits per heavy atom.